The molecule has 2 aromatic carbocycles. The summed E-state index contributed by atoms with van der Waals surface area (Å²) >= 11 is 3.04. The minimum Gasteiger partial charge on any atom is -0.495 e. The number of anilines is 2. The summed E-state index contributed by atoms with van der Waals surface area (Å²) < 4.78 is 10.3. The van der Waals surface area contributed by atoms with E-state index in [1.165, 1.54) is 11.8 Å². The molecule has 0 aliphatic carbocycles. The average molecular weight is 495 g/mol. The number of aliphatic carboxylic acids is 1. The largest absolute Gasteiger partial charge is 0.495 e. The molecule has 9 nitrogen and oxygen atoms in total. The van der Waals surface area contributed by atoms with Crippen LogP contribution in [0.2, 0.25) is 0 Å². The van der Waals surface area contributed by atoms with Gasteiger partial charge in [0.2, 0.25) is 5.91 Å². The number of nitrogens with two attached hydrogens (primary N) is 1. The molecule has 0 bridgehead atoms. The predicted octanol–water partition coefficient (Wildman–Crippen LogP) is 2.37. The Labute approximate surface area is 202 Å². The van der Waals surface area contributed by atoms with Crippen molar-refractivity contribution < 1.29 is 24.2 Å². The third-order valence-corrected chi connectivity index (χ3v) is 7.14. The molecule has 2 atom stereocenters. The van der Waals surface area contributed by atoms with E-state index in [0.29, 0.717) is 22.9 Å². The number of carbonyl (C=O) groups is 2. The van der Waals surface area contributed by atoms with Gasteiger partial charge in [0.25, 0.3) is 0 Å². The number of nitrogen functional groups attached to an aromatic ring is 1. The van der Waals surface area contributed by atoms with Crippen molar-refractivity contribution in [3.8, 4) is 11.5 Å². The molecule has 0 aromatic heterocycles. The summed E-state index contributed by atoms with van der Waals surface area (Å²) in [6, 6.07) is 10.4. The topological polar surface area (TPSA) is 135 Å². The molecule has 1 heterocycles. The van der Waals surface area contributed by atoms with Crippen molar-refractivity contribution in [2.24, 2.45) is 0 Å². The van der Waals surface area contributed by atoms with Gasteiger partial charge in [-0.1, -0.05) is 12.1 Å². The molecule has 11 heteroatoms. The molecule has 1 aliphatic heterocycles. The monoisotopic (exact) mass is 494 g/mol. The van der Waals surface area contributed by atoms with Crippen LogP contribution in [0.25, 0.3) is 0 Å². The smallest absolute Gasteiger partial charge is 0.321 e. The van der Waals surface area contributed by atoms with Crippen LogP contribution in [0.1, 0.15) is 0 Å². The summed E-state index contributed by atoms with van der Waals surface area (Å²) in [7, 11) is 6.56. The summed E-state index contributed by atoms with van der Waals surface area (Å²) in [4.78, 5) is 24.5. The van der Waals surface area contributed by atoms with Crippen LogP contribution in [-0.4, -0.2) is 68.9 Å². The van der Waals surface area contributed by atoms with Gasteiger partial charge in [-0.15, -0.1) is 23.5 Å². The van der Waals surface area contributed by atoms with Crippen LogP contribution in [0.5, 0.6) is 11.5 Å². The van der Waals surface area contributed by atoms with Crippen molar-refractivity contribution in [2.45, 2.75) is 21.9 Å². The lowest BCUT2D eigenvalue weighted by molar-refractivity contribution is -0.138. The number of amides is 1. The van der Waals surface area contributed by atoms with Gasteiger partial charge in [-0.05, 0) is 38.4 Å². The summed E-state index contributed by atoms with van der Waals surface area (Å²) in [6.07, 6.45) is 0. The standard InChI is InChI=1S/C11H16N2O3S.C11H14N2O2S/c1-13-7(11(14)15)6-17-9-5-3-4-8(16-2)10(9)12;1-12-7-6-16-9-5-3-4-8(15-2)10(9)13-11(7)14/h3-5,7,13H,6,12H2,1-2H3,(H,14,15);3-5,7,12H,6H2,1-2H3,(H,13,14)/t2*7-/m00/s1. The van der Waals surface area contributed by atoms with Gasteiger partial charge in [0.05, 0.1) is 31.6 Å². The zero-order chi connectivity index (χ0) is 24.4. The Morgan fingerprint density at radius 3 is 2.52 bits per heavy atom. The maximum Gasteiger partial charge on any atom is 0.321 e. The average Bonchev–Trinajstić information content (AvgIpc) is 2.98. The van der Waals surface area contributed by atoms with Crippen LogP contribution >= 0.6 is 23.5 Å². The fraction of sp³-hybridized carbons (Fsp3) is 0.364. The van der Waals surface area contributed by atoms with E-state index in [2.05, 4.69) is 16.0 Å². The van der Waals surface area contributed by atoms with E-state index in [1.807, 2.05) is 30.3 Å². The number of rotatable bonds is 8. The molecule has 0 saturated heterocycles. The van der Waals surface area contributed by atoms with Crippen molar-refractivity contribution in [3.05, 3.63) is 36.4 Å². The van der Waals surface area contributed by atoms with Crippen molar-refractivity contribution in [1.29, 1.82) is 0 Å². The summed E-state index contributed by atoms with van der Waals surface area (Å²) in [5.41, 5.74) is 7.20. The second-order valence-corrected chi connectivity index (χ2v) is 8.96. The highest BCUT2D eigenvalue weighted by Crippen LogP contribution is 2.37. The molecule has 0 unspecified atom stereocenters. The van der Waals surface area contributed by atoms with E-state index in [4.69, 9.17) is 20.3 Å². The SMILES string of the molecule is CN[C@@H](CSc1cccc(OC)c1N)C(=O)O.CN[C@H]1CSc2cccc(OC)c2NC1=O. The van der Waals surface area contributed by atoms with E-state index in [0.717, 1.165) is 21.2 Å². The first-order chi connectivity index (χ1) is 15.9. The van der Waals surface area contributed by atoms with E-state index in [1.54, 1.807) is 46.1 Å². The number of ether oxygens (including phenoxy) is 2. The van der Waals surface area contributed by atoms with Crippen LogP contribution in [-0.2, 0) is 9.59 Å². The minimum absolute atomic E-state index is 0.0155. The molecule has 0 radical (unpaired) electrons. The van der Waals surface area contributed by atoms with Crippen LogP contribution in [0.3, 0.4) is 0 Å². The molecule has 0 saturated carbocycles. The highest BCUT2D eigenvalue weighted by atomic mass is 32.2. The number of carbonyl (C=O) groups excluding carboxylic acids is 1. The van der Waals surface area contributed by atoms with Gasteiger partial charge in [-0.3, -0.25) is 9.59 Å². The number of likely N-dealkylation sites (N-methyl/N-ethyl adjacent to an activating group) is 2. The number of nitrogens with one attached hydrogen (secondary N) is 3. The van der Waals surface area contributed by atoms with Gasteiger partial charge >= 0.3 is 5.97 Å². The van der Waals surface area contributed by atoms with E-state index in [-0.39, 0.29) is 11.9 Å². The summed E-state index contributed by atoms with van der Waals surface area (Å²) in [6.45, 7) is 0. The van der Waals surface area contributed by atoms with Crippen molar-refractivity contribution in [1.82, 2.24) is 10.6 Å². The fourth-order valence-electron chi connectivity index (χ4n) is 2.88. The predicted molar refractivity (Wildman–Crippen MR) is 134 cm³/mol. The Morgan fingerprint density at radius 2 is 1.91 bits per heavy atom. The first-order valence-corrected chi connectivity index (χ1v) is 12.1. The lowest BCUT2D eigenvalue weighted by Crippen LogP contribution is -2.39. The summed E-state index contributed by atoms with van der Waals surface area (Å²) in [5, 5.41) is 17.5. The Kier molecular flexibility index (Phi) is 10.7. The number of thioether (sulfide) groups is 2. The van der Waals surface area contributed by atoms with Crippen LogP contribution < -0.4 is 31.2 Å². The molecule has 3 rings (SSSR count). The zero-order valence-electron chi connectivity index (χ0n) is 19.0. The van der Waals surface area contributed by atoms with Gasteiger partial charge in [0, 0.05) is 21.3 Å². The maximum atomic E-state index is 11.8. The molecule has 6 N–H and O–H groups in total. The van der Waals surface area contributed by atoms with Gasteiger partial charge < -0.3 is 36.3 Å². The number of carboxylic acid groups (broad SMARTS) is 1. The Hall–Kier alpha value is -2.60. The molecular formula is C22H30N4O5S2. The van der Waals surface area contributed by atoms with Gasteiger partial charge in [-0.25, -0.2) is 0 Å². The maximum absolute atomic E-state index is 11.8. The third-order valence-electron chi connectivity index (χ3n) is 4.82. The first kappa shape index (κ1) is 26.7. The van der Waals surface area contributed by atoms with E-state index >= 15 is 0 Å². The second kappa shape index (κ2) is 13.2. The zero-order valence-corrected chi connectivity index (χ0v) is 20.6. The summed E-state index contributed by atoms with van der Waals surface area (Å²) in [5.74, 6) is 1.55. The molecule has 180 valence electrons. The highest BCUT2D eigenvalue weighted by molar-refractivity contribution is 7.99. The Balaban J connectivity index is 0.000000234. The van der Waals surface area contributed by atoms with Crippen molar-refractivity contribution in [3.63, 3.8) is 0 Å². The van der Waals surface area contributed by atoms with E-state index in [9.17, 15) is 9.59 Å². The number of benzene rings is 2. The van der Waals surface area contributed by atoms with Gasteiger partial charge in [0.15, 0.2) is 0 Å². The second-order valence-electron chi connectivity index (χ2n) is 6.84. The van der Waals surface area contributed by atoms with Crippen LogP contribution in [0.15, 0.2) is 46.2 Å². The first-order valence-electron chi connectivity index (χ1n) is 10.1. The number of fused-ring (bicyclic) bond motifs is 1. The van der Waals surface area contributed by atoms with Gasteiger partial charge in [-0.2, -0.15) is 0 Å². The fourth-order valence-corrected chi connectivity index (χ4v) is 5.10. The molecule has 2 aromatic rings. The lowest BCUT2D eigenvalue weighted by Gasteiger charge is -2.13. The number of hydrogen-bond donors (Lipinski definition) is 5. The molecular weight excluding hydrogens is 464 g/mol. The van der Waals surface area contributed by atoms with Gasteiger partial charge in [0.1, 0.15) is 17.5 Å². The van der Waals surface area contributed by atoms with E-state index < -0.39 is 12.0 Å². The molecule has 1 aliphatic rings. The quantitative estimate of drug-likeness (QED) is 0.275. The molecule has 0 fully saturated rings. The normalized spacial score (nSPS) is 15.8. The van der Waals surface area contributed by atoms with Crippen molar-refractivity contribution in [2.75, 3.05) is 50.9 Å². The highest BCUT2D eigenvalue weighted by Gasteiger charge is 2.24. The minimum atomic E-state index is -0.874. The van der Waals surface area contributed by atoms with Crippen LogP contribution in [0.4, 0.5) is 11.4 Å². The molecule has 33 heavy (non-hydrogen) atoms. The lowest BCUT2D eigenvalue weighted by atomic mass is 10.2. The number of para-hydroxylation sites is 2. The number of carboxylic acids is 1. The van der Waals surface area contributed by atoms with Crippen molar-refractivity contribution >= 4 is 46.8 Å². The Morgan fingerprint density at radius 1 is 1.24 bits per heavy atom. The third kappa shape index (κ3) is 7.19. The van der Waals surface area contributed by atoms with Crippen LogP contribution in [0, 0.1) is 0 Å². The Bertz CT molecular complexity index is 960. The molecule has 1 amide bonds. The number of methoxy groups -OCH3 is 2. The molecule has 0 spiro atoms. The number of hydrogen-bond acceptors (Lipinski definition) is 9.